The molecule has 0 aliphatic carbocycles. The Balaban J connectivity index is 1.56. The van der Waals surface area contributed by atoms with E-state index in [1.807, 2.05) is 0 Å². The van der Waals surface area contributed by atoms with Gasteiger partial charge in [-0.3, -0.25) is 9.89 Å². The zero-order chi connectivity index (χ0) is 16.2. The molecular weight excluding hydrogens is 296 g/mol. The molecule has 1 fully saturated rings. The van der Waals surface area contributed by atoms with Crippen molar-refractivity contribution in [3.63, 3.8) is 0 Å². The van der Waals surface area contributed by atoms with Crippen LogP contribution in [0.2, 0.25) is 0 Å². The quantitative estimate of drug-likeness (QED) is 0.871. The maximum atomic E-state index is 4.48. The van der Waals surface area contributed by atoms with Crippen LogP contribution in [0, 0.1) is 0 Å². The number of benzene rings is 2. The van der Waals surface area contributed by atoms with Gasteiger partial charge in [-0.15, -0.1) is 0 Å². The molecule has 0 aromatic heterocycles. The first-order valence-corrected chi connectivity index (χ1v) is 8.52. The van der Waals surface area contributed by atoms with E-state index in [4.69, 9.17) is 0 Å². The fourth-order valence-electron chi connectivity index (χ4n) is 3.68. The second-order valence-corrected chi connectivity index (χ2v) is 6.33. The number of aliphatic imine (C=N–C) groups is 2. The first-order chi connectivity index (χ1) is 11.9. The summed E-state index contributed by atoms with van der Waals surface area (Å²) < 4.78 is 0. The van der Waals surface area contributed by atoms with Crippen molar-refractivity contribution in [1.29, 1.82) is 0 Å². The maximum absolute atomic E-state index is 4.48. The summed E-state index contributed by atoms with van der Waals surface area (Å²) in [6.07, 6.45) is 3.74. The molecule has 122 valence electrons. The molecule has 4 rings (SSSR count). The summed E-state index contributed by atoms with van der Waals surface area (Å²) in [7, 11) is 0. The van der Waals surface area contributed by atoms with Crippen molar-refractivity contribution in [2.45, 2.75) is 5.54 Å². The van der Waals surface area contributed by atoms with Gasteiger partial charge in [0.1, 0.15) is 11.9 Å². The zero-order valence-corrected chi connectivity index (χ0v) is 13.8. The van der Waals surface area contributed by atoms with Crippen LogP contribution < -0.4 is 4.90 Å². The maximum Gasteiger partial charge on any atom is 0.109 e. The average molecular weight is 318 g/mol. The first-order valence-electron chi connectivity index (χ1n) is 8.52. The first kappa shape index (κ1) is 15.1. The lowest BCUT2D eigenvalue weighted by Crippen LogP contribution is -2.58. The van der Waals surface area contributed by atoms with Crippen LogP contribution in [0.15, 0.2) is 70.6 Å². The highest BCUT2D eigenvalue weighted by molar-refractivity contribution is 5.83. The summed E-state index contributed by atoms with van der Waals surface area (Å²) in [5.74, 6) is 0. The smallest absolute Gasteiger partial charge is 0.109 e. The Hall–Kier alpha value is -2.46. The molecule has 2 aliphatic heterocycles. The number of nitrogens with zero attached hydrogens (tertiary/aromatic N) is 4. The summed E-state index contributed by atoms with van der Waals surface area (Å²) in [5.41, 5.74) is 2.37. The highest BCUT2D eigenvalue weighted by atomic mass is 15.3. The van der Waals surface area contributed by atoms with Crippen LogP contribution in [-0.4, -0.2) is 50.2 Å². The van der Waals surface area contributed by atoms with Crippen LogP contribution in [0.4, 0.5) is 5.69 Å². The van der Waals surface area contributed by atoms with Gasteiger partial charge >= 0.3 is 0 Å². The van der Waals surface area contributed by atoms with E-state index in [0.29, 0.717) is 0 Å². The van der Waals surface area contributed by atoms with E-state index in [-0.39, 0.29) is 5.54 Å². The Labute approximate surface area is 143 Å². The monoisotopic (exact) mass is 318 g/mol. The molecule has 0 saturated carbocycles. The van der Waals surface area contributed by atoms with Gasteiger partial charge in [0.05, 0.1) is 6.54 Å². The van der Waals surface area contributed by atoms with Gasteiger partial charge in [0.2, 0.25) is 0 Å². The Morgan fingerprint density at radius 2 is 1.46 bits per heavy atom. The van der Waals surface area contributed by atoms with Gasteiger partial charge in [-0.1, -0.05) is 48.5 Å². The normalized spacial score (nSPS) is 24.2. The Kier molecular flexibility index (Phi) is 4.13. The third-order valence-electron chi connectivity index (χ3n) is 5.01. The number of rotatable bonds is 3. The van der Waals surface area contributed by atoms with Crippen LogP contribution in [0.3, 0.4) is 0 Å². The molecule has 4 heteroatoms. The molecule has 0 amide bonds. The Morgan fingerprint density at radius 1 is 0.792 bits per heavy atom. The molecule has 0 bridgehead atoms. The fraction of sp³-hybridized carbons (Fsp3) is 0.300. The minimum Gasteiger partial charge on any atom is -0.369 e. The standard InChI is InChI=1S/C20H22N4/c1-3-7-18(8-4-1)20(15-21-17-22-16-20)24-13-11-23(12-14-24)19-9-5-2-6-10-19/h1-10,15,17H,11-14,16H2. The molecule has 0 radical (unpaired) electrons. The van der Waals surface area contributed by atoms with Gasteiger partial charge < -0.3 is 4.90 Å². The average Bonchev–Trinajstić information content (AvgIpc) is 2.70. The van der Waals surface area contributed by atoms with Crippen molar-refractivity contribution in [2.24, 2.45) is 9.98 Å². The molecule has 1 saturated heterocycles. The Morgan fingerprint density at radius 3 is 2.08 bits per heavy atom. The molecule has 0 N–H and O–H groups in total. The van der Waals surface area contributed by atoms with Crippen molar-refractivity contribution < 1.29 is 0 Å². The van der Waals surface area contributed by atoms with Crippen molar-refractivity contribution in [3.05, 3.63) is 66.2 Å². The molecule has 1 atom stereocenters. The van der Waals surface area contributed by atoms with Gasteiger partial charge in [0, 0.05) is 38.1 Å². The molecule has 24 heavy (non-hydrogen) atoms. The van der Waals surface area contributed by atoms with Crippen molar-refractivity contribution in [2.75, 3.05) is 37.6 Å². The fourth-order valence-corrected chi connectivity index (χ4v) is 3.68. The van der Waals surface area contributed by atoms with Gasteiger partial charge in [0.25, 0.3) is 0 Å². The second kappa shape index (κ2) is 6.57. The minimum atomic E-state index is -0.210. The van der Waals surface area contributed by atoms with E-state index < -0.39 is 0 Å². The third-order valence-corrected chi connectivity index (χ3v) is 5.01. The largest absolute Gasteiger partial charge is 0.369 e. The summed E-state index contributed by atoms with van der Waals surface area (Å²) in [6, 6.07) is 21.3. The molecule has 4 nitrogen and oxygen atoms in total. The van der Waals surface area contributed by atoms with Crippen LogP contribution >= 0.6 is 0 Å². The highest BCUT2D eigenvalue weighted by Crippen LogP contribution is 2.30. The summed E-state index contributed by atoms with van der Waals surface area (Å²) in [5, 5.41) is 0. The van der Waals surface area contributed by atoms with Crippen LogP contribution in [0.5, 0.6) is 0 Å². The number of hydrogen-bond acceptors (Lipinski definition) is 4. The number of piperazine rings is 1. The van der Waals surface area contributed by atoms with Crippen LogP contribution in [0.25, 0.3) is 0 Å². The molecule has 2 aromatic rings. The van der Waals surface area contributed by atoms with Crippen LogP contribution in [-0.2, 0) is 5.54 Å². The molecule has 1 unspecified atom stereocenters. The molecule has 2 aromatic carbocycles. The Bertz CT molecular complexity index is 718. The number of hydrogen-bond donors (Lipinski definition) is 0. The third kappa shape index (κ3) is 2.74. The predicted octanol–water partition coefficient (Wildman–Crippen LogP) is 2.82. The van der Waals surface area contributed by atoms with Crippen molar-refractivity contribution in [3.8, 4) is 0 Å². The van der Waals surface area contributed by atoms with E-state index in [1.54, 1.807) is 6.34 Å². The lowest BCUT2D eigenvalue weighted by atomic mass is 9.87. The van der Waals surface area contributed by atoms with E-state index in [2.05, 4.69) is 86.7 Å². The summed E-state index contributed by atoms with van der Waals surface area (Å²) in [6.45, 7) is 4.80. The van der Waals surface area contributed by atoms with Crippen LogP contribution in [0.1, 0.15) is 5.56 Å². The second-order valence-electron chi connectivity index (χ2n) is 6.33. The zero-order valence-electron chi connectivity index (χ0n) is 13.8. The van der Waals surface area contributed by atoms with Crippen molar-refractivity contribution in [1.82, 2.24) is 4.90 Å². The topological polar surface area (TPSA) is 31.2 Å². The SMILES string of the molecule is C1=NC=NCC1(c1ccccc1)N1CCN(c2ccccc2)CC1. The van der Waals surface area contributed by atoms with Gasteiger partial charge in [0.15, 0.2) is 0 Å². The number of para-hydroxylation sites is 1. The summed E-state index contributed by atoms with van der Waals surface area (Å²) in [4.78, 5) is 13.9. The van der Waals surface area contributed by atoms with Crippen molar-refractivity contribution >= 4 is 18.2 Å². The lowest BCUT2D eigenvalue weighted by Gasteiger charge is -2.46. The summed E-state index contributed by atoms with van der Waals surface area (Å²) >= 11 is 0. The van der Waals surface area contributed by atoms with Gasteiger partial charge in [-0.25, -0.2) is 4.99 Å². The molecular formula is C20H22N4. The molecule has 2 heterocycles. The predicted molar refractivity (Wildman–Crippen MR) is 100 cm³/mol. The highest BCUT2D eigenvalue weighted by Gasteiger charge is 2.39. The van der Waals surface area contributed by atoms with E-state index in [9.17, 15) is 0 Å². The van der Waals surface area contributed by atoms with Gasteiger partial charge in [-0.05, 0) is 17.7 Å². The molecule has 0 spiro atoms. The van der Waals surface area contributed by atoms with Gasteiger partial charge in [-0.2, -0.15) is 0 Å². The lowest BCUT2D eigenvalue weighted by molar-refractivity contribution is 0.147. The number of anilines is 1. The molecule has 2 aliphatic rings. The van der Waals surface area contributed by atoms with E-state index in [1.165, 1.54) is 11.3 Å². The minimum absolute atomic E-state index is 0.210. The van der Waals surface area contributed by atoms with E-state index >= 15 is 0 Å². The van der Waals surface area contributed by atoms with E-state index in [0.717, 1.165) is 32.7 Å².